The lowest BCUT2D eigenvalue weighted by Crippen LogP contribution is -2.45. The van der Waals surface area contributed by atoms with Crippen LogP contribution in [0.15, 0.2) is 0 Å². The summed E-state index contributed by atoms with van der Waals surface area (Å²) in [7, 11) is 0. The van der Waals surface area contributed by atoms with Gasteiger partial charge < -0.3 is 16.4 Å². The highest BCUT2D eigenvalue weighted by Crippen LogP contribution is 2.06. The molecule has 0 radical (unpaired) electrons. The molecule has 1 aliphatic rings. The Morgan fingerprint density at radius 1 is 1.40 bits per heavy atom. The lowest BCUT2D eigenvalue weighted by molar-refractivity contribution is 0.191. The van der Waals surface area contributed by atoms with Gasteiger partial charge in [0.05, 0.1) is 0 Å². The SMILES string of the molecule is NC(=O)N1CCC(N)CC1. The Morgan fingerprint density at radius 2 is 1.90 bits per heavy atom. The van der Waals surface area contributed by atoms with Crippen LogP contribution in [0.1, 0.15) is 12.8 Å². The predicted molar refractivity (Wildman–Crippen MR) is 38.4 cm³/mol. The van der Waals surface area contributed by atoms with E-state index in [0.717, 1.165) is 25.9 Å². The smallest absolute Gasteiger partial charge is 0.314 e. The Bertz CT molecular complexity index is 129. The summed E-state index contributed by atoms with van der Waals surface area (Å²) in [6.45, 7) is 1.44. The summed E-state index contributed by atoms with van der Waals surface area (Å²) in [4.78, 5) is 12.2. The fraction of sp³-hybridized carbons (Fsp3) is 0.833. The summed E-state index contributed by atoms with van der Waals surface area (Å²) < 4.78 is 0. The van der Waals surface area contributed by atoms with Gasteiger partial charge in [0, 0.05) is 19.1 Å². The summed E-state index contributed by atoms with van der Waals surface area (Å²) >= 11 is 0. The molecule has 1 aliphatic heterocycles. The zero-order valence-corrected chi connectivity index (χ0v) is 5.92. The highest BCUT2D eigenvalue weighted by atomic mass is 16.2. The molecule has 10 heavy (non-hydrogen) atoms. The van der Waals surface area contributed by atoms with Gasteiger partial charge >= 0.3 is 6.03 Å². The molecule has 4 heteroatoms. The molecule has 0 atom stereocenters. The second-order valence-electron chi connectivity index (χ2n) is 2.66. The zero-order valence-electron chi connectivity index (χ0n) is 5.92. The van der Waals surface area contributed by atoms with Gasteiger partial charge in [0.25, 0.3) is 0 Å². The monoisotopic (exact) mass is 143 g/mol. The van der Waals surface area contributed by atoms with Crippen molar-refractivity contribution in [1.29, 1.82) is 0 Å². The number of nitrogens with two attached hydrogens (primary N) is 2. The number of urea groups is 1. The largest absolute Gasteiger partial charge is 0.351 e. The summed E-state index contributed by atoms with van der Waals surface area (Å²) in [5.74, 6) is 0. The molecule has 1 heterocycles. The van der Waals surface area contributed by atoms with Gasteiger partial charge in [-0.3, -0.25) is 0 Å². The fourth-order valence-corrected chi connectivity index (χ4v) is 1.12. The molecule has 0 aromatic carbocycles. The lowest BCUT2D eigenvalue weighted by atomic mass is 10.1. The van der Waals surface area contributed by atoms with Crippen LogP contribution >= 0.6 is 0 Å². The second kappa shape index (κ2) is 2.88. The van der Waals surface area contributed by atoms with Crippen LogP contribution in [0.4, 0.5) is 4.79 Å². The van der Waals surface area contributed by atoms with E-state index < -0.39 is 0 Å². The highest BCUT2D eigenvalue weighted by molar-refractivity contribution is 5.72. The quantitative estimate of drug-likeness (QED) is 0.479. The summed E-state index contributed by atoms with van der Waals surface area (Å²) in [5, 5.41) is 0. The number of carbonyl (C=O) groups is 1. The van der Waals surface area contributed by atoms with E-state index in [1.807, 2.05) is 0 Å². The molecule has 1 fully saturated rings. The van der Waals surface area contributed by atoms with E-state index >= 15 is 0 Å². The van der Waals surface area contributed by atoms with Gasteiger partial charge in [-0.15, -0.1) is 0 Å². The van der Waals surface area contributed by atoms with Crippen molar-refractivity contribution in [2.45, 2.75) is 18.9 Å². The summed E-state index contributed by atoms with van der Waals surface area (Å²) in [6, 6.07) is -0.0671. The molecule has 0 aromatic heterocycles. The molecule has 4 N–H and O–H groups in total. The maximum Gasteiger partial charge on any atom is 0.314 e. The number of nitrogens with zero attached hydrogens (tertiary/aromatic N) is 1. The minimum Gasteiger partial charge on any atom is -0.351 e. The molecular formula is C6H13N3O. The zero-order chi connectivity index (χ0) is 7.56. The maximum absolute atomic E-state index is 10.6. The topological polar surface area (TPSA) is 72.4 Å². The average molecular weight is 143 g/mol. The maximum atomic E-state index is 10.6. The molecule has 0 aliphatic carbocycles. The van der Waals surface area contributed by atoms with Gasteiger partial charge in [0.2, 0.25) is 0 Å². The van der Waals surface area contributed by atoms with E-state index in [1.165, 1.54) is 0 Å². The molecule has 4 nitrogen and oxygen atoms in total. The number of likely N-dealkylation sites (tertiary alicyclic amines) is 1. The first-order valence-corrected chi connectivity index (χ1v) is 3.50. The van der Waals surface area contributed by atoms with E-state index in [9.17, 15) is 4.79 Å². The lowest BCUT2D eigenvalue weighted by Gasteiger charge is -2.28. The van der Waals surface area contributed by atoms with E-state index in [1.54, 1.807) is 4.90 Å². The van der Waals surface area contributed by atoms with Crippen LogP contribution in [0.2, 0.25) is 0 Å². The van der Waals surface area contributed by atoms with E-state index in [0.29, 0.717) is 0 Å². The first-order chi connectivity index (χ1) is 4.70. The number of rotatable bonds is 0. The Labute approximate surface area is 60.2 Å². The van der Waals surface area contributed by atoms with Crippen LogP contribution in [0.25, 0.3) is 0 Å². The van der Waals surface area contributed by atoms with Crippen molar-refractivity contribution >= 4 is 6.03 Å². The first kappa shape index (κ1) is 7.34. The minimum atomic E-state index is -0.327. The second-order valence-corrected chi connectivity index (χ2v) is 2.66. The molecule has 1 saturated heterocycles. The molecule has 2 amide bonds. The number of carbonyl (C=O) groups excluding carboxylic acids is 1. The van der Waals surface area contributed by atoms with E-state index in [4.69, 9.17) is 11.5 Å². The standard InChI is InChI=1S/C6H13N3O/c7-5-1-3-9(4-2-5)6(8)10/h5H,1-4,7H2,(H2,8,10). The van der Waals surface area contributed by atoms with Gasteiger partial charge in [-0.1, -0.05) is 0 Å². The minimum absolute atomic E-state index is 0.260. The van der Waals surface area contributed by atoms with Gasteiger partial charge in [-0.2, -0.15) is 0 Å². The van der Waals surface area contributed by atoms with Crippen LogP contribution < -0.4 is 11.5 Å². The van der Waals surface area contributed by atoms with Crippen molar-refractivity contribution in [3.8, 4) is 0 Å². The molecule has 0 aromatic rings. The van der Waals surface area contributed by atoms with Gasteiger partial charge in [-0.05, 0) is 12.8 Å². The van der Waals surface area contributed by atoms with Crippen molar-refractivity contribution < 1.29 is 4.79 Å². The van der Waals surface area contributed by atoms with Crippen LogP contribution in [-0.4, -0.2) is 30.1 Å². The van der Waals surface area contributed by atoms with E-state index in [2.05, 4.69) is 0 Å². The molecule has 1 rings (SSSR count). The number of amides is 2. The third kappa shape index (κ3) is 1.60. The highest BCUT2D eigenvalue weighted by Gasteiger charge is 2.17. The number of hydrogen-bond acceptors (Lipinski definition) is 2. The van der Waals surface area contributed by atoms with Crippen molar-refractivity contribution in [3.63, 3.8) is 0 Å². The van der Waals surface area contributed by atoms with Crippen LogP contribution in [0.3, 0.4) is 0 Å². The Morgan fingerprint density at radius 3 is 2.30 bits per heavy atom. The van der Waals surface area contributed by atoms with Crippen LogP contribution in [-0.2, 0) is 0 Å². The third-order valence-corrected chi connectivity index (χ3v) is 1.85. The number of hydrogen-bond donors (Lipinski definition) is 2. The molecule has 58 valence electrons. The fourth-order valence-electron chi connectivity index (χ4n) is 1.12. The summed E-state index contributed by atoms with van der Waals surface area (Å²) in [5.41, 5.74) is 10.7. The Hall–Kier alpha value is -0.770. The molecular weight excluding hydrogens is 130 g/mol. The molecule has 0 saturated carbocycles. The van der Waals surface area contributed by atoms with Crippen LogP contribution in [0.5, 0.6) is 0 Å². The predicted octanol–water partition coefficient (Wildman–Crippen LogP) is -0.512. The first-order valence-electron chi connectivity index (χ1n) is 3.50. The average Bonchev–Trinajstić information content (AvgIpc) is 1.88. The molecule has 0 bridgehead atoms. The third-order valence-electron chi connectivity index (χ3n) is 1.85. The molecule has 0 spiro atoms. The van der Waals surface area contributed by atoms with Crippen LogP contribution in [0, 0.1) is 0 Å². The number of primary amides is 1. The Kier molecular flexibility index (Phi) is 2.11. The molecule has 0 unspecified atom stereocenters. The van der Waals surface area contributed by atoms with E-state index in [-0.39, 0.29) is 12.1 Å². The normalized spacial score (nSPS) is 21.1. The van der Waals surface area contributed by atoms with Gasteiger partial charge in [0.15, 0.2) is 0 Å². The van der Waals surface area contributed by atoms with Crippen molar-refractivity contribution in [1.82, 2.24) is 4.90 Å². The summed E-state index contributed by atoms with van der Waals surface area (Å²) in [6.07, 6.45) is 1.76. The number of piperidine rings is 1. The van der Waals surface area contributed by atoms with Crippen molar-refractivity contribution in [2.75, 3.05) is 13.1 Å². The Balaban J connectivity index is 2.33. The van der Waals surface area contributed by atoms with Gasteiger partial charge in [-0.25, -0.2) is 4.79 Å². The van der Waals surface area contributed by atoms with Gasteiger partial charge in [0.1, 0.15) is 0 Å². The van der Waals surface area contributed by atoms with Crippen molar-refractivity contribution in [2.24, 2.45) is 11.5 Å². The van der Waals surface area contributed by atoms with Crippen molar-refractivity contribution in [3.05, 3.63) is 0 Å².